The fourth-order valence-electron chi connectivity index (χ4n) is 0.970. The number of aliphatic hydroxyl groups excluding tert-OH is 1. The van der Waals surface area contributed by atoms with E-state index >= 15 is 0 Å². The van der Waals surface area contributed by atoms with E-state index < -0.39 is 23.7 Å². The second kappa shape index (κ2) is 3.36. The normalized spacial score (nSPS) is 21.8. The Morgan fingerprint density at radius 1 is 1.38 bits per heavy atom. The fourth-order valence-corrected chi connectivity index (χ4v) is 0.970. The molecule has 0 radical (unpaired) electrons. The molecule has 0 saturated carbocycles. The van der Waals surface area contributed by atoms with Gasteiger partial charge in [0.05, 0.1) is 11.7 Å². The van der Waals surface area contributed by atoms with Gasteiger partial charge < -0.3 is 15.3 Å². The number of carboxylic acid groups (broad SMARTS) is 2. The second-order valence-electron chi connectivity index (χ2n) is 2.49. The molecule has 0 unspecified atom stereocenters. The van der Waals surface area contributed by atoms with E-state index in [0.717, 1.165) is 6.21 Å². The standard InChI is InChI=1S/C7H7NO5/c9-3-1-4(6(10)11)5(7(12)13)8-2-3/h2-3,9H,1H2,(H,10,11)(H,12,13)/t3-/m1/s1. The maximum absolute atomic E-state index is 10.5. The van der Waals surface area contributed by atoms with Crippen molar-refractivity contribution < 1.29 is 24.9 Å². The van der Waals surface area contributed by atoms with E-state index in [2.05, 4.69) is 4.99 Å². The van der Waals surface area contributed by atoms with Gasteiger partial charge in [-0.2, -0.15) is 0 Å². The molecule has 0 aromatic heterocycles. The minimum Gasteiger partial charge on any atom is -0.478 e. The van der Waals surface area contributed by atoms with Crippen LogP contribution in [0, 0.1) is 0 Å². The molecular weight excluding hydrogens is 178 g/mol. The highest BCUT2D eigenvalue weighted by Gasteiger charge is 2.25. The van der Waals surface area contributed by atoms with Crippen molar-refractivity contribution in [3.63, 3.8) is 0 Å². The van der Waals surface area contributed by atoms with Crippen LogP contribution in [0.5, 0.6) is 0 Å². The van der Waals surface area contributed by atoms with Gasteiger partial charge in [0, 0.05) is 12.6 Å². The summed E-state index contributed by atoms with van der Waals surface area (Å²) in [5.74, 6) is -2.77. The van der Waals surface area contributed by atoms with Crippen molar-refractivity contribution in [1.82, 2.24) is 0 Å². The number of hydrogen-bond donors (Lipinski definition) is 3. The minimum absolute atomic E-state index is 0.222. The van der Waals surface area contributed by atoms with Crippen LogP contribution >= 0.6 is 0 Å². The molecule has 0 bridgehead atoms. The first-order chi connectivity index (χ1) is 6.02. The van der Waals surface area contributed by atoms with Crippen molar-refractivity contribution in [2.45, 2.75) is 12.5 Å². The number of carbonyl (C=O) groups is 2. The average molecular weight is 185 g/mol. The monoisotopic (exact) mass is 185 g/mol. The summed E-state index contributed by atoms with van der Waals surface area (Å²) >= 11 is 0. The zero-order valence-electron chi connectivity index (χ0n) is 6.47. The van der Waals surface area contributed by atoms with Crippen LogP contribution in [-0.2, 0) is 9.59 Å². The molecule has 70 valence electrons. The van der Waals surface area contributed by atoms with Crippen LogP contribution in [0.2, 0.25) is 0 Å². The smallest absolute Gasteiger partial charge is 0.355 e. The number of aliphatic carboxylic acids is 2. The highest BCUT2D eigenvalue weighted by Crippen LogP contribution is 2.17. The van der Waals surface area contributed by atoms with Crippen LogP contribution in [0.1, 0.15) is 6.42 Å². The Kier molecular flexibility index (Phi) is 2.43. The van der Waals surface area contributed by atoms with Crippen molar-refractivity contribution in [2.75, 3.05) is 0 Å². The van der Waals surface area contributed by atoms with Gasteiger partial charge in [0.1, 0.15) is 0 Å². The predicted octanol–water partition coefficient (Wildman–Crippen LogP) is -0.755. The van der Waals surface area contributed by atoms with Gasteiger partial charge in [-0.15, -0.1) is 0 Å². The maximum atomic E-state index is 10.5. The summed E-state index contributed by atoms with van der Waals surface area (Å²) in [5.41, 5.74) is -0.889. The molecule has 0 saturated heterocycles. The van der Waals surface area contributed by atoms with Gasteiger partial charge in [0.15, 0.2) is 5.70 Å². The third-order valence-corrected chi connectivity index (χ3v) is 1.54. The van der Waals surface area contributed by atoms with E-state index in [4.69, 9.17) is 15.3 Å². The first-order valence-corrected chi connectivity index (χ1v) is 3.44. The summed E-state index contributed by atoms with van der Waals surface area (Å²) in [5, 5.41) is 26.1. The summed E-state index contributed by atoms with van der Waals surface area (Å²) in [6.45, 7) is 0. The average Bonchev–Trinajstić information content (AvgIpc) is 2.03. The van der Waals surface area contributed by atoms with Gasteiger partial charge in [0.2, 0.25) is 0 Å². The molecule has 1 atom stereocenters. The molecule has 0 aromatic carbocycles. The number of aliphatic hydroxyl groups is 1. The zero-order chi connectivity index (χ0) is 10.0. The summed E-state index contributed by atoms with van der Waals surface area (Å²) < 4.78 is 0. The lowest BCUT2D eigenvalue weighted by Gasteiger charge is -2.12. The Morgan fingerprint density at radius 2 is 2.00 bits per heavy atom. The molecule has 0 aromatic rings. The molecule has 1 rings (SSSR count). The molecule has 0 spiro atoms. The van der Waals surface area contributed by atoms with Crippen LogP contribution in [0.4, 0.5) is 0 Å². The van der Waals surface area contributed by atoms with Gasteiger partial charge in [-0.25, -0.2) is 9.59 Å². The molecule has 1 heterocycles. The van der Waals surface area contributed by atoms with E-state index in [-0.39, 0.29) is 12.0 Å². The van der Waals surface area contributed by atoms with Crippen LogP contribution in [-0.4, -0.2) is 39.6 Å². The molecule has 0 aliphatic carbocycles. The van der Waals surface area contributed by atoms with E-state index in [1.165, 1.54) is 0 Å². The van der Waals surface area contributed by atoms with Crippen LogP contribution in [0.3, 0.4) is 0 Å². The number of nitrogens with zero attached hydrogens (tertiary/aromatic N) is 1. The molecule has 6 nitrogen and oxygen atoms in total. The molecule has 13 heavy (non-hydrogen) atoms. The largest absolute Gasteiger partial charge is 0.478 e. The lowest BCUT2D eigenvalue weighted by atomic mass is 10.0. The van der Waals surface area contributed by atoms with Gasteiger partial charge >= 0.3 is 11.9 Å². The number of hydrogen-bond acceptors (Lipinski definition) is 4. The summed E-state index contributed by atoms with van der Waals surface area (Å²) in [4.78, 5) is 24.3. The fraction of sp³-hybridized carbons (Fsp3) is 0.286. The molecule has 1 aliphatic rings. The van der Waals surface area contributed by atoms with Crippen molar-refractivity contribution in [3.05, 3.63) is 11.3 Å². The Balaban J connectivity index is 3.09. The van der Waals surface area contributed by atoms with Crippen molar-refractivity contribution in [1.29, 1.82) is 0 Å². The molecule has 1 aliphatic heterocycles. The summed E-state index contributed by atoms with van der Waals surface area (Å²) in [6.07, 6.45) is -0.231. The Labute approximate surface area is 72.8 Å². The molecule has 0 fully saturated rings. The lowest BCUT2D eigenvalue weighted by molar-refractivity contribution is -0.136. The van der Waals surface area contributed by atoms with Gasteiger partial charge in [-0.05, 0) is 0 Å². The van der Waals surface area contributed by atoms with Crippen LogP contribution in [0.25, 0.3) is 0 Å². The van der Waals surface area contributed by atoms with E-state index in [0.29, 0.717) is 0 Å². The first kappa shape index (κ1) is 9.40. The molecular formula is C7H7NO5. The third-order valence-electron chi connectivity index (χ3n) is 1.54. The Bertz CT molecular complexity index is 317. The van der Waals surface area contributed by atoms with Crippen LogP contribution in [0.15, 0.2) is 16.3 Å². The minimum atomic E-state index is -1.40. The predicted molar refractivity (Wildman–Crippen MR) is 41.4 cm³/mol. The quantitative estimate of drug-likeness (QED) is 0.524. The molecule has 0 amide bonds. The zero-order valence-corrected chi connectivity index (χ0v) is 6.47. The van der Waals surface area contributed by atoms with Crippen molar-refractivity contribution in [3.8, 4) is 0 Å². The lowest BCUT2D eigenvalue weighted by Crippen LogP contribution is -2.22. The highest BCUT2D eigenvalue weighted by atomic mass is 16.4. The van der Waals surface area contributed by atoms with E-state index in [1.807, 2.05) is 0 Å². The first-order valence-electron chi connectivity index (χ1n) is 3.44. The topological polar surface area (TPSA) is 107 Å². The van der Waals surface area contributed by atoms with Crippen molar-refractivity contribution >= 4 is 18.2 Å². The SMILES string of the molecule is O=C(O)C1=C(C(=O)O)N=C[C@H](O)C1. The number of carboxylic acids is 2. The maximum Gasteiger partial charge on any atom is 0.355 e. The Hall–Kier alpha value is -1.69. The van der Waals surface area contributed by atoms with E-state index in [9.17, 15) is 9.59 Å². The van der Waals surface area contributed by atoms with E-state index in [1.54, 1.807) is 0 Å². The second-order valence-corrected chi connectivity index (χ2v) is 2.49. The number of rotatable bonds is 2. The molecule has 6 heteroatoms. The number of aliphatic imine (C=N–C) groups is 1. The Morgan fingerprint density at radius 3 is 2.46 bits per heavy atom. The van der Waals surface area contributed by atoms with Gasteiger partial charge in [0.25, 0.3) is 0 Å². The third kappa shape index (κ3) is 1.91. The van der Waals surface area contributed by atoms with Crippen molar-refractivity contribution in [2.24, 2.45) is 4.99 Å². The highest BCUT2D eigenvalue weighted by molar-refractivity contribution is 6.01. The molecule has 3 N–H and O–H groups in total. The van der Waals surface area contributed by atoms with Gasteiger partial charge in [-0.3, -0.25) is 4.99 Å². The summed E-state index contributed by atoms with van der Waals surface area (Å²) in [7, 11) is 0. The van der Waals surface area contributed by atoms with Gasteiger partial charge in [-0.1, -0.05) is 0 Å². The summed E-state index contributed by atoms with van der Waals surface area (Å²) in [6, 6.07) is 0. The van der Waals surface area contributed by atoms with Crippen LogP contribution < -0.4 is 0 Å².